The van der Waals surface area contributed by atoms with E-state index in [1.54, 1.807) is 6.20 Å². The van der Waals surface area contributed by atoms with Gasteiger partial charge in [0.25, 0.3) is 0 Å². The summed E-state index contributed by atoms with van der Waals surface area (Å²) in [5, 5.41) is 1.20. The highest BCUT2D eigenvalue weighted by Crippen LogP contribution is 2.23. The van der Waals surface area contributed by atoms with Crippen molar-refractivity contribution in [3.05, 3.63) is 23.5 Å². The number of nitrogen functional groups attached to an aromatic ring is 1. The number of nitrogens with two attached hydrogens (primary N) is 1. The number of pyridine rings is 1. The first kappa shape index (κ1) is 7.16. The topological polar surface area (TPSA) is 54.7 Å². The van der Waals surface area contributed by atoms with Crippen LogP contribution in [0.3, 0.4) is 0 Å². The van der Waals surface area contributed by atoms with Crippen LogP contribution in [-0.2, 0) is 0 Å². The van der Waals surface area contributed by atoms with Gasteiger partial charge in [0.05, 0.1) is 5.52 Å². The Hall–Kier alpha value is -1.51. The molecule has 0 fully saturated rings. The van der Waals surface area contributed by atoms with Crippen molar-refractivity contribution < 1.29 is 0 Å². The van der Waals surface area contributed by atoms with E-state index >= 15 is 0 Å². The Bertz CT molecular complexity index is 429. The summed E-state index contributed by atoms with van der Waals surface area (Å²) in [6, 6.07) is 0. The molecule has 0 saturated heterocycles. The Kier molecular flexibility index (Phi) is 1.33. The van der Waals surface area contributed by atoms with E-state index in [0.717, 1.165) is 11.1 Å². The highest BCUT2D eigenvalue weighted by atomic mass is 14.9. The summed E-state index contributed by atoms with van der Waals surface area (Å²) in [5.41, 5.74) is 9.03. The number of hydrogen-bond donors (Lipinski definition) is 2. The van der Waals surface area contributed by atoms with E-state index in [2.05, 4.69) is 16.9 Å². The van der Waals surface area contributed by atoms with Crippen LogP contribution in [0.25, 0.3) is 10.9 Å². The van der Waals surface area contributed by atoms with Gasteiger partial charge in [0, 0.05) is 17.8 Å². The Morgan fingerprint density at radius 3 is 2.75 bits per heavy atom. The standard InChI is InChI=1S/C9H11N3/c1-5-3-11-8-7(5)6(2)4-12-9(8)10/h3-4,11H,1-2H3,(H2,10,12). The van der Waals surface area contributed by atoms with Crippen LogP contribution >= 0.6 is 0 Å². The number of aromatic nitrogens is 2. The molecule has 62 valence electrons. The number of rotatable bonds is 0. The smallest absolute Gasteiger partial charge is 0.147 e. The van der Waals surface area contributed by atoms with Crippen LogP contribution in [0.15, 0.2) is 12.4 Å². The van der Waals surface area contributed by atoms with Crippen LogP contribution in [0.1, 0.15) is 11.1 Å². The molecule has 2 rings (SSSR count). The van der Waals surface area contributed by atoms with E-state index in [9.17, 15) is 0 Å². The van der Waals surface area contributed by atoms with Crippen LogP contribution in [0.2, 0.25) is 0 Å². The predicted molar refractivity (Wildman–Crippen MR) is 50.0 cm³/mol. The fraction of sp³-hybridized carbons (Fsp3) is 0.222. The molecule has 0 spiro atoms. The molecule has 3 N–H and O–H groups in total. The fourth-order valence-corrected chi connectivity index (χ4v) is 1.53. The number of nitrogens with one attached hydrogen (secondary N) is 1. The normalized spacial score (nSPS) is 10.8. The lowest BCUT2D eigenvalue weighted by molar-refractivity contribution is 1.30. The van der Waals surface area contributed by atoms with Crippen molar-refractivity contribution in [3.8, 4) is 0 Å². The van der Waals surface area contributed by atoms with Crippen LogP contribution in [0.4, 0.5) is 5.82 Å². The first-order valence-corrected chi connectivity index (χ1v) is 3.89. The Morgan fingerprint density at radius 2 is 2.08 bits per heavy atom. The Labute approximate surface area is 70.6 Å². The van der Waals surface area contributed by atoms with Gasteiger partial charge in [-0.25, -0.2) is 4.98 Å². The van der Waals surface area contributed by atoms with Crippen molar-refractivity contribution in [2.75, 3.05) is 5.73 Å². The van der Waals surface area contributed by atoms with E-state index in [0.29, 0.717) is 5.82 Å². The lowest BCUT2D eigenvalue weighted by Crippen LogP contribution is -1.92. The molecular weight excluding hydrogens is 150 g/mol. The molecule has 0 amide bonds. The molecule has 3 nitrogen and oxygen atoms in total. The van der Waals surface area contributed by atoms with Crippen molar-refractivity contribution in [3.63, 3.8) is 0 Å². The zero-order valence-corrected chi connectivity index (χ0v) is 7.18. The molecule has 0 aromatic carbocycles. The molecule has 0 radical (unpaired) electrons. The monoisotopic (exact) mass is 161 g/mol. The maximum Gasteiger partial charge on any atom is 0.147 e. The van der Waals surface area contributed by atoms with Gasteiger partial charge in [0.15, 0.2) is 0 Å². The molecule has 2 aromatic rings. The van der Waals surface area contributed by atoms with Crippen molar-refractivity contribution in [1.82, 2.24) is 9.97 Å². The van der Waals surface area contributed by atoms with Crippen molar-refractivity contribution >= 4 is 16.7 Å². The summed E-state index contributed by atoms with van der Waals surface area (Å²) in [6.45, 7) is 4.10. The summed E-state index contributed by atoms with van der Waals surface area (Å²) in [4.78, 5) is 7.18. The average Bonchev–Trinajstić information content (AvgIpc) is 2.42. The van der Waals surface area contributed by atoms with Gasteiger partial charge in [-0.05, 0) is 25.0 Å². The summed E-state index contributed by atoms with van der Waals surface area (Å²) in [6.07, 6.45) is 3.76. The molecule has 0 unspecified atom stereocenters. The number of aryl methyl sites for hydroxylation is 2. The van der Waals surface area contributed by atoms with Gasteiger partial charge in [-0.1, -0.05) is 0 Å². The van der Waals surface area contributed by atoms with Crippen LogP contribution in [-0.4, -0.2) is 9.97 Å². The van der Waals surface area contributed by atoms with Crippen LogP contribution in [0.5, 0.6) is 0 Å². The maximum atomic E-state index is 5.70. The first-order chi connectivity index (χ1) is 5.70. The molecule has 0 aliphatic rings. The minimum absolute atomic E-state index is 0.573. The van der Waals surface area contributed by atoms with Crippen LogP contribution in [0, 0.1) is 13.8 Å². The average molecular weight is 161 g/mol. The third kappa shape index (κ3) is 0.794. The quantitative estimate of drug-likeness (QED) is 0.618. The summed E-state index contributed by atoms with van der Waals surface area (Å²) in [5.74, 6) is 0.573. The molecule has 0 atom stereocenters. The number of aromatic amines is 1. The minimum atomic E-state index is 0.573. The summed E-state index contributed by atoms with van der Waals surface area (Å²) in [7, 11) is 0. The number of anilines is 1. The van der Waals surface area contributed by atoms with Gasteiger partial charge < -0.3 is 10.7 Å². The maximum absolute atomic E-state index is 5.70. The van der Waals surface area contributed by atoms with E-state index in [-0.39, 0.29) is 0 Å². The highest BCUT2D eigenvalue weighted by molar-refractivity contribution is 5.92. The third-order valence-corrected chi connectivity index (χ3v) is 2.13. The molecule has 2 heterocycles. The largest absolute Gasteiger partial charge is 0.382 e. The van der Waals surface area contributed by atoms with E-state index in [1.807, 2.05) is 13.1 Å². The minimum Gasteiger partial charge on any atom is -0.382 e. The van der Waals surface area contributed by atoms with Gasteiger partial charge in [-0.3, -0.25) is 0 Å². The molecule has 2 aromatic heterocycles. The second-order valence-electron chi connectivity index (χ2n) is 3.05. The summed E-state index contributed by atoms with van der Waals surface area (Å²) < 4.78 is 0. The molecule has 0 aliphatic carbocycles. The lowest BCUT2D eigenvalue weighted by Gasteiger charge is -1.99. The number of nitrogens with zero attached hydrogens (tertiary/aromatic N) is 1. The predicted octanol–water partition coefficient (Wildman–Crippen LogP) is 1.76. The third-order valence-electron chi connectivity index (χ3n) is 2.13. The molecule has 0 bridgehead atoms. The van der Waals surface area contributed by atoms with E-state index < -0.39 is 0 Å². The second-order valence-corrected chi connectivity index (χ2v) is 3.05. The van der Waals surface area contributed by atoms with Crippen molar-refractivity contribution in [2.24, 2.45) is 0 Å². The molecule has 0 saturated carbocycles. The van der Waals surface area contributed by atoms with Gasteiger partial charge in [-0.15, -0.1) is 0 Å². The zero-order chi connectivity index (χ0) is 8.72. The summed E-state index contributed by atoms with van der Waals surface area (Å²) >= 11 is 0. The van der Waals surface area contributed by atoms with Crippen molar-refractivity contribution in [2.45, 2.75) is 13.8 Å². The SMILES string of the molecule is Cc1cnc(N)c2[nH]cc(C)c12. The first-order valence-electron chi connectivity index (χ1n) is 3.89. The molecule has 0 aliphatic heterocycles. The van der Waals surface area contributed by atoms with Gasteiger partial charge >= 0.3 is 0 Å². The zero-order valence-electron chi connectivity index (χ0n) is 7.18. The lowest BCUT2D eigenvalue weighted by atomic mass is 10.1. The molecular formula is C9H11N3. The molecule has 12 heavy (non-hydrogen) atoms. The Morgan fingerprint density at radius 1 is 1.33 bits per heavy atom. The van der Waals surface area contributed by atoms with Gasteiger partial charge in [-0.2, -0.15) is 0 Å². The fourth-order valence-electron chi connectivity index (χ4n) is 1.53. The van der Waals surface area contributed by atoms with E-state index in [1.165, 1.54) is 10.9 Å². The van der Waals surface area contributed by atoms with Gasteiger partial charge in [0.2, 0.25) is 0 Å². The Balaban J connectivity index is 2.98. The van der Waals surface area contributed by atoms with Crippen LogP contribution < -0.4 is 5.73 Å². The molecule has 3 heteroatoms. The number of H-pyrrole nitrogens is 1. The highest BCUT2D eigenvalue weighted by Gasteiger charge is 2.05. The van der Waals surface area contributed by atoms with Crippen molar-refractivity contribution in [1.29, 1.82) is 0 Å². The number of hydrogen-bond acceptors (Lipinski definition) is 2. The van der Waals surface area contributed by atoms with E-state index in [4.69, 9.17) is 5.73 Å². The number of fused-ring (bicyclic) bond motifs is 1. The van der Waals surface area contributed by atoms with Gasteiger partial charge in [0.1, 0.15) is 5.82 Å². The second kappa shape index (κ2) is 2.24.